The second-order valence-electron chi connectivity index (χ2n) is 7.04. The average Bonchev–Trinajstić information content (AvgIpc) is 2.75. The summed E-state index contributed by atoms with van der Waals surface area (Å²) < 4.78 is 10.6. The van der Waals surface area contributed by atoms with E-state index < -0.39 is 18.0 Å². The molecule has 0 spiro atoms. The van der Waals surface area contributed by atoms with E-state index in [9.17, 15) is 14.4 Å². The standard InChI is InChI=1S/C23H26N2O5/c1-3-29-20-13-9-18(10-14-20)24-22(27)16(2)30-23(28)17-7-11-19(12-8-17)25-15-5-4-6-21(25)26/h7-14,16H,3-6,15H2,1-2H3,(H,24,27). The first kappa shape index (κ1) is 21.4. The lowest BCUT2D eigenvalue weighted by molar-refractivity contribution is -0.123. The van der Waals surface area contributed by atoms with Crippen LogP contribution in [0.2, 0.25) is 0 Å². The number of ether oxygens (including phenoxy) is 2. The molecule has 1 unspecified atom stereocenters. The minimum Gasteiger partial charge on any atom is -0.494 e. The number of piperidine rings is 1. The molecular weight excluding hydrogens is 384 g/mol. The molecule has 0 aliphatic carbocycles. The van der Waals surface area contributed by atoms with Gasteiger partial charge in [0, 0.05) is 24.3 Å². The molecule has 7 heteroatoms. The first-order valence-corrected chi connectivity index (χ1v) is 10.1. The molecule has 0 bridgehead atoms. The van der Waals surface area contributed by atoms with Gasteiger partial charge in [0.25, 0.3) is 5.91 Å². The third kappa shape index (κ3) is 5.37. The number of anilines is 2. The van der Waals surface area contributed by atoms with Gasteiger partial charge in [-0.2, -0.15) is 0 Å². The number of carbonyl (C=O) groups is 3. The second-order valence-corrected chi connectivity index (χ2v) is 7.04. The van der Waals surface area contributed by atoms with E-state index in [1.54, 1.807) is 53.4 Å². The molecule has 30 heavy (non-hydrogen) atoms. The van der Waals surface area contributed by atoms with E-state index in [4.69, 9.17) is 9.47 Å². The van der Waals surface area contributed by atoms with Crippen LogP contribution in [0.25, 0.3) is 0 Å². The van der Waals surface area contributed by atoms with Gasteiger partial charge in [0.1, 0.15) is 5.75 Å². The van der Waals surface area contributed by atoms with Gasteiger partial charge in [0.05, 0.1) is 12.2 Å². The molecule has 0 aromatic heterocycles. The van der Waals surface area contributed by atoms with Gasteiger partial charge in [0.15, 0.2) is 6.10 Å². The molecule has 0 saturated carbocycles. The maximum atomic E-state index is 12.4. The van der Waals surface area contributed by atoms with E-state index in [0.717, 1.165) is 18.5 Å². The van der Waals surface area contributed by atoms with Crippen molar-refractivity contribution in [1.29, 1.82) is 0 Å². The van der Waals surface area contributed by atoms with Gasteiger partial charge < -0.3 is 19.7 Å². The number of carbonyl (C=O) groups excluding carboxylic acids is 3. The molecule has 1 N–H and O–H groups in total. The molecule has 7 nitrogen and oxygen atoms in total. The molecule has 2 aromatic carbocycles. The first-order chi connectivity index (χ1) is 14.5. The van der Waals surface area contributed by atoms with Crippen molar-refractivity contribution < 1.29 is 23.9 Å². The van der Waals surface area contributed by atoms with E-state index in [0.29, 0.717) is 36.6 Å². The fourth-order valence-electron chi connectivity index (χ4n) is 3.18. The van der Waals surface area contributed by atoms with Crippen molar-refractivity contribution in [1.82, 2.24) is 0 Å². The van der Waals surface area contributed by atoms with Crippen LogP contribution in [0.5, 0.6) is 5.75 Å². The van der Waals surface area contributed by atoms with Crippen LogP contribution in [-0.2, 0) is 14.3 Å². The van der Waals surface area contributed by atoms with Crippen LogP contribution in [-0.4, -0.2) is 37.0 Å². The molecule has 1 saturated heterocycles. The van der Waals surface area contributed by atoms with E-state index in [1.807, 2.05) is 6.92 Å². The van der Waals surface area contributed by atoms with Crippen molar-refractivity contribution in [3.8, 4) is 5.75 Å². The Morgan fingerprint density at radius 3 is 2.40 bits per heavy atom. The second kappa shape index (κ2) is 9.91. The van der Waals surface area contributed by atoms with Gasteiger partial charge in [-0.05, 0) is 75.2 Å². The number of benzene rings is 2. The van der Waals surface area contributed by atoms with Crippen molar-refractivity contribution in [2.75, 3.05) is 23.4 Å². The van der Waals surface area contributed by atoms with E-state index >= 15 is 0 Å². The summed E-state index contributed by atoms with van der Waals surface area (Å²) in [5.74, 6) is -0.218. The predicted octanol–water partition coefficient (Wildman–Crippen LogP) is 3.79. The van der Waals surface area contributed by atoms with Gasteiger partial charge >= 0.3 is 5.97 Å². The topological polar surface area (TPSA) is 84.9 Å². The zero-order valence-corrected chi connectivity index (χ0v) is 17.2. The Kier molecular flexibility index (Phi) is 7.06. The lowest BCUT2D eigenvalue weighted by atomic mass is 10.1. The monoisotopic (exact) mass is 410 g/mol. The summed E-state index contributed by atoms with van der Waals surface area (Å²) in [6, 6.07) is 13.6. The maximum absolute atomic E-state index is 12.4. The van der Waals surface area contributed by atoms with Crippen molar-refractivity contribution in [2.24, 2.45) is 0 Å². The van der Waals surface area contributed by atoms with Gasteiger partial charge in [-0.25, -0.2) is 4.79 Å². The maximum Gasteiger partial charge on any atom is 0.338 e. The Labute approximate surface area is 176 Å². The normalized spacial score (nSPS) is 14.7. The number of esters is 1. The number of nitrogens with one attached hydrogen (secondary N) is 1. The third-order valence-electron chi connectivity index (χ3n) is 4.82. The first-order valence-electron chi connectivity index (χ1n) is 10.1. The van der Waals surface area contributed by atoms with E-state index in [1.165, 1.54) is 6.92 Å². The largest absolute Gasteiger partial charge is 0.494 e. The molecule has 1 aliphatic heterocycles. The van der Waals surface area contributed by atoms with Gasteiger partial charge in [0.2, 0.25) is 5.91 Å². The minimum absolute atomic E-state index is 0.0937. The molecule has 0 radical (unpaired) electrons. The summed E-state index contributed by atoms with van der Waals surface area (Å²) in [7, 11) is 0. The zero-order valence-electron chi connectivity index (χ0n) is 17.2. The van der Waals surface area contributed by atoms with Crippen LogP contribution in [0.4, 0.5) is 11.4 Å². The van der Waals surface area contributed by atoms with Gasteiger partial charge in [-0.3, -0.25) is 9.59 Å². The zero-order chi connectivity index (χ0) is 21.5. The van der Waals surface area contributed by atoms with Crippen molar-refractivity contribution in [3.63, 3.8) is 0 Å². The SMILES string of the molecule is CCOc1ccc(NC(=O)C(C)OC(=O)c2ccc(N3CCCCC3=O)cc2)cc1. The molecule has 1 fully saturated rings. The number of hydrogen-bond donors (Lipinski definition) is 1. The summed E-state index contributed by atoms with van der Waals surface area (Å²) in [5.41, 5.74) is 1.67. The van der Waals surface area contributed by atoms with Crippen molar-refractivity contribution in [2.45, 2.75) is 39.2 Å². The highest BCUT2D eigenvalue weighted by Crippen LogP contribution is 2.22. The summed E-state index contributed by atoms with van der Waals surface area (Å²) >= 11 is 0. The average molecular weight is 410 g/mol. The third-order valence-corrected chi connectivity index (χ3v) is 4.82. The quantitative estimate of drug-likeness (QED) is 0.702. The molecule has 3 rings (SSSR count). The van der Waals surface area contributed by atoms with Crippen LogP contribution < -0.4 is 15.0 Å². The number of rotatable bonds is 7. The van der Waals surface area contributed by atoms with Gasteiger partial charge in [-0.1, -0.05) is 0 Å². The smallest absolute Gasteiger partial charge is 0.338 e. The Bertz CT molecular complexity index is 893. The molecule has 158 valence electrons. The Morgan fingerprint density at radius 1 is 1.07 bits per heavy atom. The van der Waals surface area contributed by atoms with Crippen LogP contribution in [0.15, 0.2) is 48.5 Å². The fraction of sp³-hybridized carbons (Fsp3) is 0.348. The van der Waals surface area contributed by atoms with E-state index in [2.05, 4.69) is 5.32 Å². The highest BCUT2D eigenvalue weighted by Gasteiger charge is 2.21. The Balaban J connectivity index is 1.55. The fourth-order valence-corrected chi connectivity index (χ4v) is 3.18. The highest BCUT2D eigenvalue weighted by atomic mass is 16.5. The van der Waals surface area contributed by atoms with Gasteiger partial charge in [-0.15, -0.1) is 0 Å². The lowest BCUT2D eigenvalue weighted by Crippen LogP contribution is -2.35. The Hall–Kier alpha value is -3.35. The molecule has 2 amide bonds. The number of nitrogens with zero attached hydrogens (tertiary/aromatic N) is 1. The summed E-state index contributed by atoms with van der Waals surface area (Å²) in [5, 5.41) is 2.71. The van der Waals surface area contributed by atoms with Crippen LogP contribution in [0.3, 0.4) is 0 Å². The minimum atomic E-state index is -0.965. The number of amides is 2. The lowest BCUT2D eigenvalue weighted by Gasteiger charge is -2.26. The molecule has 1 heterocycles. The molecule has 1 aliphatic rings. The van der Waals surface area contributed by atoms with Crippen LogP contribution >= 0.6 is 0 Å². The molecule has 2 aromatic rings. The van der Waals surface area contributed by atoms with Crippen molar-refractivity contribution >= 4 is 29.2 Å². The molecular formula is C23H26N2O5. The summed E-state index contributed by atoms with van der Waals surface area (Å²) in [4.78, 5) is 38.4. The Morgan fingerprint density at radius 2 is 1.77 bits per heavy atom. The summed E-state index contributed by atoms with van der Waals surface area (Å²) in [6.45, 7) is 4.66. The molecule has 1 atom stereocenters. The summed E-state index contributed by atoms with van der Waals surface area (Å²) in [6.07, 6.45) is 1.46. The predicted molar refractivity (Wildman–Crippen MR) is 114 cm³/mol. The number of hydrogen-bond acceptors (Lipinski definition) is 5. The van der Waals surface area contributed by atoms with Crippen LogP contribution in [0, 0.1) is 0 Å². The highest BCUT2D eigenvalue weighted by molar-refractivity contribution is 5.98. The van der Waals surface area contributed by atoms with Crippen molar-refractivity contribution in [3.05, 3.63) is 54.1 Å². The van der Waals surface area contributed by atoms with E-state index in [-0.39, 0.29) is 5.91 Å². The van der Waals surface area contributed by atoms with Crippen LogP contribution in [0.1, 0.15) is 43.5 Å².